The minimum absolute atomic E-state index is 0.225. The average Bonchev–Trinajstić information content (AvgIpc) is 2.24. The van der Waals surface area contributed by atoms with E-state index >= 15 is 0 Å². The summed E-state index contributed by atoms with van der Waals surface area (Å²) in [6.45, 7) is 0.247. The lowest BCUT2D eigenvalue weighted by Gasteiger charge is -2.03. The van der Waals surface area contributed by atoms with Gasteiger partial charge in [0.25, 0.3) is 9.05 Å². The Morgan fingerprint density at radius 1 is 1.06 bits per heavy atom. The highest BCUT2D eigenvalue weighted by Gasteiger charge is 1.99. The molecule has 1 atom stereocenters. The topological polar surface area (TPSA) is 89.6 Å². The average molecular weight is 297 g/mol. The maximum Gasteiger partial charge on any atom is 0.266 e. The number of hydrogen-bond donors (Lipinski definition) is 2. The van der Waals surface area contributed by atoms with Gasteiger partial charge in [-0.05, 0) is 12.8 Å². The van der Waals surface area contributed by atoms with Gasteiger partial charge in [-0.1, -0.05) is 38.5 Å². The summed E-state index contributed by atoms with van der Waals surface area (Å²) < 4.78 is 23.8. The van der Waals surface area contributed by atoms with E-state index in [0.717, 1.165) is 51.4 Å². The standard InChI is InChI=1S/C11H23NO4S2/c12-11(13)9-7-5-3-1-2-4-6-8-10-16-18(14,15)17/h1-10H2,(H2,12,13)(H,14,15,17). The minimum Gasteiger partial charge on any atom is -0.370 e. The maximum atomic E-state index is 10.6. The second kappa shape index (κ2) is 10.7. The smallest absolute Gasteiger partial charge is 0.266 e. The van der Waals surface area contributed by atoms with Gasteiger partial charge in [-0.2, -0.15) is 4.21 Å². The quantitative estimate of drug-likeness (QED) is 0.539. The van der Waals surface area contributed by atoms with Gasteiger partial charge < -0.3 is 5.73 Å². The number of rotatable bonds is 12. The van der Waals surface area contributed by atoms with Gasteiger partial charge >= 0.3 is 0 Å². The molecule has 0 rings (SSSR count). The zero-order valence-corrected chi connectivity index (χ0v) is 12.3. The molecule has 5 nitrogen and oxygen atoms in total. The molecule has 0 fully saturated rings. The van der Waals surface area contributed by atoms with Crippen LogP contribution in [0.2, 0.25) is 0 Å². The van der Waals surface area contributed by atoms with Crippen LogP contribution in [-0.2, 0) is 29.2 Å². The Kier molecular flexibility index (Phi) is 10.5. The summed E-state index contributed by atoms with van der Waals surface area (Å²) in [5, 5.41) is 0. The highest BCUT2D eigenvalue weighted by Crippen LogP contribution is 2.09. The van der Waals surface area contributed by atoms with Crippen LogP contribution in [0.1, 0.15) is 57.8 Å². The van der Waals surface area contributed by atoms with Crippen LogP contribution in [0.4, 0.5) is 0 Å². The number of carbonyl (C=O) groups is 1. The maximum absolute atomic E-state index is 10.6. The van der Waals surface area contributed by atoms with Crippen molar-refractivity contribution in [3.63, 3.8) is 0 Å². The fraction of sp³-hybridized carbons (Fsp3) is 0.909. The fourth-order valence-electron chi connectivity index (χ4n) is 1.63. The lowest BCUT2D eigenvalue weighted by Crippen LogP contribution is -2.09. The van der Waals surface area contributed by atoms with Gasteiger partial charge in [-0.3, -0.25) is 13.5 Å². The third-order valence-corrected chi connectivity index (χ3v) is 3.30. The van der Waals surface area contributed by atoms with Crippen LogP contribution in [0, 0.1) is 0 Å². The first kappa shape index (κ1) is 17.8. The lowest BCUT2D eigenvalue weighted by molar-refractivity contribution is -0.118. The Morgan fingerprint density at radius 3 is 1.94 bits per heavy atom. The monoisotopic (exact) mass is 297 g/mol. The highest BCUT2D eigenvalue weighted by atomic mass is 32.9. The molecule has 7 heteroatoms. The second-order valence-corrected chi connectivity index (χ2v) is 6.65. The van der Waals surface area contributed by atoms with Crippen LogP contribution in [0.15, 0.2) is 0 Å². The number of unbranched alkanes of at least 4 members (excludes halogenated alkanes) is 7. The van der Waals surface area contributed by atoms with Crippen molar-refractivity contribution in [2.45, 2.75) is 57.8 Å². The van der Waals surface area contributed by atoms with Gasteiger partial charge in [0.2, 0.25) is 5.91 Å². The van der Waals surface area contributed by atoms with E-state index in [1.165, 1.54) is 0 Å². The van der Waals surface area contributed by atoms with Crippen molar-refractivity contribution in [3.05, 3.63) is 0 Å². The van der Waals surface area contributed by atoms with Gasteiger partial charge in [0.05, 0.1) is 6.61 Å². The van der Waals surface area contributed by atoms with Gasteiger partial charge in [0.15, 0.2) is 0 Å². The minimum atomic E-state index is -3.44. The summed E-state index contributed by atoms with van der Waals surface area (Å²) in [7, 11) is -3.44. The number of nitrogens with two attached hydrogens (primary N) is 1. The Bertz CT molecular complexity index is 317. The third-order valence-electron chi connectivity index (χ3n) is 2.55. The molecule has 0 aromatic carbocycles. The highest BCUT2D eigenvalue weighted by molar-refractivity contribution is 8.27. The normalized spacial score (nSPS) is 14.3. The lowest BCUT2D eigenvalue weighted by atomic mass is 10.1. The predicted molar refractivity (Wildman–Crippen MR) is 74.8 cm³/mol. The van der Waals surface area contributed by atoms with Crippen LogP contribution in [-0.4, -0.2) is 21.3 Å². The first-order valence-corrected chi connectivity index (χ1v) is 8.68. The van der Waals surface area contributed by atoms with Crippen molar-refractivity contribution in [1.82, 2.24) is 0 Å². The van der Waals surface area contributed by atoms with Crippen LogP contribution in [0.3, 0.4) is 0 Å². The van der Waals surface area contributed by atoms with Gasteiger partial charge in [0, 0.05) is 17.6 Å². The van der Waals surface area contributed by atoms with Crippen LogP contribution in [0.25, 0.3) is 0 Å². The summed E-state index contributed by atoms with van der Waals surface area (Å²) >= 11 is 4.19. The summed E-state index contributed by atoms with van der Waals surface area (Å²) in [5.41, 5.74) is 5.04. The molecular formula is C11H23NO4S2. The molecular weight excluding hydrogens is 274 g/mol. The molecule has 1 amide bonds. The molecule has 0 spiro atoms. The molecule has 0 radical (unpaired) electrons. The molecule has 1 unspecified atom stereocenters. The number of hydrogen-bond acceptors (Lipinski definition) is 4. The zero-order valence-electron chi connectivity index (χ0n) is 10.6. The first-order chi connectivity index (χ1) is 8.42. The van der Waals surface area contributed by atoms with Crippen molar-refractivity contribution in [1.29, 1.82) is 0 Å². The van der Waals surface area contributed by atoms with E-state index in [-0.39, 0.29) is 12.5 Å². The second-order valence-electron chi connectivity index (χ2n) is 4.29. The van der Waals surface area contributed by atoms with Crippen molar-refractivity contribution in [2.75, 3.05) is 6.61 Å². The predicted octanol–water partition coefficient (Wildman–Crippen LogP) is 2.13. The van der Waals surface area contributed by atoms with Crippen LogP contribution < -0.4 is 5.73 Å². The Hall–Kier alpha value is -0.240. The summed E-state index contributed by atoms with van der Waals surface area (Å²) in [4.78, 5) is 10.5. The van der Waals surface area contributed by atoms with Crippen molar-refractivity contribution >= 4 is 26.1 Å². The summed E-state index contributed by atoms with van der Waals surface area (Å²) in [6, 6.07) is 0. The van der Waals surface area contributed by atoms with Crippen molar-refractivity contribution < 1.29 is 17.7 Å². The first-order valence-electron chi connectivity index (χ1n) is 6.32. The largest absolute Gasteiger partial charge is 0.370 e. The van der Waals surface area contributed by atoms with Gasteiger partial charge in [0.1, 0.15) is 0 Å². The van der Waals surface area contributed by atoms with E-state index in [2.05, 4.69) is 15.4 Å². The molecule has 108 valence electrons. The number of amides is 1. The van der Waals surface area contributed by atoms with Crippen molar-refractivity contribution in [3.8, 4) is 0 Å². The molecule has 0 aromatic rings. The van der Waals surface area contributed by atoms with E-state index in [1.807, 2.05) is 0 Å². The van der Waals surface area contributed by atoms with Crippen LogP contribution in [0.5, 0.6) is 0 Å². The molecule has 0 heterocycles. The Balaban J connectivity index is 3.10. The molecule has 0 aliphatic rings. The molecule has 0 aliphatic carbocycles. The Labute approximate surface area is 114 Å². The summed E-state index contributed by atoms with van der Waals surface area (Å²) in [6.07, 6.45) is 8.66. The molecule has 3 N–H and O–H groups in total. The van der Waals surface area contributed by atoms with Crippen molar-refractivity contribution in [2.24, 2.45) is 5.73 Å². The van der Waals surface area contributed by atoms with Crippen LogP contribution >= 0.6 is 0 Å². The molecule has 0 saturated carbocycles. The van der Waals surface area contributed by atoms with E-state index in [1.54, 1.807) is 0 Å². The molecule has 0 aliphatic heterocycles. The van der Waals surface area contributed by atoms with Gasteiger partial charge in [-0.15, -0.1) is 0 Å². The summed E-state index contributed by atoms with van der Waals surface area (Å²) in [5.74, 6) is -0.225. The molecule has 18 heavy (non-hydrogen) atoms. The number of primary amides is 1. The van der Waals surface area contributed by atoms with E-state index in [0.29, 0.717) is 6.42 Å². The fourth-order valence-corrected chi connectivity index (χ4v) is 2.16. The Morgan fingerprint density at radius 2 is 1.50 bits per heavy atom. The molecule has 0 saturated heterocycles. The zero-order chi connectivity index (χ0) is 13.9. The van der Waals surface area contributed by atoms with E-state index in [9.17, 15) is 9.00 Å². The van der Waals surface area contributed by atoms with E-state index in [4.69, 9.17) is 10.3 Å². The molecule has 0 aromatic heterocycles. The third kappa shape index (κ3) is 15.8. The van der Waals surface area contributed by atoms with E-state index < -0.39 is 9.05 Å². The molecule has 0 bridgehead atoms. The number of carbonyl (C=O) groups excluding carboxylic acids is 1. The van der Waals surface area contributed by atoms with Gasteiger partial charge in [-0.25, -0.2) is 0 Å². The SMILES string of the molecule is NC(=O)CCCCCCCCCCOS(=O)(O)=S.